The largest absolute Gasteiger partial charge is 0.493 e. The van der Waals surface area contributed by atoms with Gasteiger partial charge in [0.1, 0.15) is 0 Å². The fourth-order valence-electron chi connectivity index (χ4n) is 6.12. The zero-order chi connectivity index (χ0) is 25.1. The number of hydrogen-bond acceptors (Lipinski definition) is 5. The number of methoxy groups -OCH3 is 2. The molecule has 2 aromatic rings. The van der Waals surface area contributed by atoms with Gasteiger partial charge in [-0.15, -0.1) is 0 Å². The number of fused-ring (bicyclic) bond motifs is 4. The molecule has 36 heavy (non-hydrogen) atoms. The Morgan fingerprint density at radius 2 is 1.69 bits per heavy atom. The average Bonchev–Trinajstić information content (AvgIpc) is 3.19. The molecule has 1 saturated heterocycles. The van der Waals surface area contributed by atoms with Crippen LogP contribution in [-0.2, 0) is 11.2 Å². The topological polar surface area (TPSA) is 71.1 Å². The lowest BCUT2D eigenvalue weighted by atomic mass is 9.75. The number of carbonyl (C=O) groups is 2. The van der Waals surface area contributed by atoms with Crippen molar-refractivity contribution in [3.8, 4) is 11.5 Å². The summed E-state index contributed by atoms with van der Waals surface area (Å²) < 4.78 is 11.1. The van der Waals surface area contributed by atoms with Crippen molar-refractivity contribution in [1.29, 1.82) is 0 Å². The second-order valence-electron chi connectivity index (χ2n) is 10.1. The van der Waals surface area contributed by atoms with Gasteiger partial charge in [-0.25, -0.2) is 0 Å². The minimum absolute atomic E-state index is 0.0127. The third-order valence-corrected chi connectivity index (χ3v) is 7.96. The highest BCUT2D eigenvalue weighted by atomic mass is 16.5. The quantitative estimate of drug-likeness (QED) is 0.595. The minimum atomic E-state index is -0.478. The van der Waals surface area contributed by atoms with E-state index < -0.39 is 5.92 Å². The standard InChI is InChI=1S/C29H37N3O4/c1-35-24-18-20-12-17-32-27(23(20)19-25(24)36-2)26(21-10-5-6-11-22(21)29(32)34)28(33)30-13-9-16-31-14-7-3-4-8-15-31/h5-6,10-11,18-19,26-27H,3-4,7-9,12-17H2,1-2H3,(H,30,33). The van der Waals surface area contributed by atoms with Crippen molar-refractivity contribution < 1.29 is 19.1 Å². The molecule has 7 heteroatoms. The Bertz CT molecular complexity index is 1110. The van der Waals surface area contributed by atoms with Crippen molar-refractivity contribution in [3.63, 3.8) is 0 Å². The van der Waals surface area contributed by atoms with Crippen LogP contribution >= 0.6 is 0 Å². The number of rotatable bonds is 7. The first-order valence-corrected chi connectivity index (χ1v) is 13.3. The number of carbonyl (C=O) groups excluding carboxylic acids is 2. The molecule has 0 bridgehead atoms. The van der Waals surface area contributed by atoms with E-state index in [4.69, 9.17) is 9.47 Å². The highest BCUT2D eigenvalue weighted by Gasteiger charge is 2.46. The summed E-state index contributed by atoms with van der Waals surface area (Å²) in [5.74, 6) is 0.765. The van der Waals surface area contributed by atoms with E-state index in [0.29, 0.717) is 36.6 Å². The molecule has 1 fully saturated rings. The molecule has 2 unspecified atom stereocenters. The van der Waals surface area contributed by atoms with Crippen LogP contribution in [0.1, 0.15) is 71.1 Å². The molecule has 7 nitrogen and oxygen atoms in total. The van der Waals surface area contributed by atoms with E-state index in [1.807, 2.05) is 41.3 Å². The predicted octanol–water partition coefficient (Wildman–Crippen LogP) is 3.92. The van der Waals surface area contributed by atoms with Crippen molar-refractivity contribution >= 4 is 11.8 Å². The van der Waals surface area contributed by atoms with Crippen LogP contribution < -0.4 is 14.8 Å². The molecule has 3 aliphatic heterocycles. The van der Waals surface area contributed by atoms with E-state index in [1.165, 1.54) is 25.7 Å². The summed E-state index contributed by atoms with van der Waals surface area (Å²) in [5, 5.41) is 3.22. The SMILES string of the molecule is COc1cc2c(cc1OC)C1C(C(=O)NCCCN3CCCCCC3)c3ccccc3C(=O)N1CC2. The van der Waals surface area contributed by atoms with Gasteiger partial charge in [0.2, 0.25) is 5.91 Å². The number of amides is 2. The summed E-state index contributed by atoms with van der Waals surface area (Å²) in [6.45, 7) is 4.53. The van der Waals surface area contributed by atoms with Crippen LogP contribution in [0.15, 0.2) is 36.4 Å². The Kier molecular flexibility index (Phi) is 7.46. The van der Waals surface area contributed by atoms with Crippen LogP contribution in [0.2, 0.25) is 0 Å². The number of nitrogens with zero attached hydrogens (tertiary/aromatic N) is 2. The van der Waals surface area contributed by atoms with E-state index in [1.54, 1.807) is 14.2 Å². The fraction of sp³-hybridized carbons (Fsp3) is 0.517. The molecule has 5 rings (SSSR count). The van der Waals surface area contributed by atoms with Gasteiger partial charge in [0, 0.05) is 18.7 Å². The van der Waals surface area contributed by atoms with E-state index in [-0.39, 0.29) is 17.9 Å². The molecule has 0 spiro atoms. The van der Waals surface area contributed by atoms with E-state index in [9.17, 15) is 9.59 Å². The normalized spacial score (nSPS) is 21.6. The van der Waals surface area contributed by atoms with Crippen LogP contribution in [0.4, 0.5) is 0 Å². The number of hydrogen-bond donors (Lipinski definition) is 1. The third-order valence-electron chi connectivity index (χ3n) is 7.96. The molecular weight excluding hydrogens is 454 g/mol. The summed E-state index contributed by atoms with van der Waals surface area (Å²) in [4.78, 5) is 31.7. The van der Waals surface area contributed by atoms with E-state index >= 15 is 0 Å². The van der Waals surface area contributed by atoms with Gasteiger partial charge >= 0.3 is 0 Å². The molecule has 0 radical (unpaired) electrons. The van der Waals surface area contributed by atoms with Gasteiger partial charge in [0.25, 0.3) is 5.91 Å². The number of ether oxygens (including phenoxy) is 2. The van der Waals surface area contributed by atoms with Crippen molar-refractivity contribution in [1.82, 2.24) is 15.1 Å². The van der Waals surface area contributed by atoms with E-state index in [0.717, 1.165) is 42.7 Å². The van der Waals surface area contributed by atoms with Gasteiger partial charge in [0.15, 0.2) is 11.5 Å². The van der Waals surface area contributed by atoms with Crippen LogP contribution in [0, 0.1) is 0 Å². The van der Waals surface area contributed by atoms with Gasteiger partial charge in [-0.05, 0) is 80.2 Å². The van der Waals surface area contributed by atoms with Gasteiger partial charge in [0.05, 0.1) is 26.2 Å². The van der Waals surface area contributed by atoms with Gasteiger partial charge in [-0.1, -0.05) is 31.0 Å². The summed E-state index contributed by atoms with van der Waals surface area (Å²) in [6.07, 6.45) is 6.82. The van der Waals surface area contributed by atoms with Crippen LogP contribution in [0.5, 0.6) is 11.5 Å². The van der Waals surface area contributed by atoms with Crippen molar-refractivity contribution in [2.24, 2.45) is 0 Å². The maximum atomic E-state index is 13.8. The Morgan fingerprint density at radius 1 is 0.972 bits per heavy atom. The summed E-state index contributed by atoms with van der Waals surface area (Å²) >= 11 is 0. The van der Waals surface area contributed by atoms with Crippen LogP contribution in [0.25, 0.3) is 0 Å². The highest BCUT2D eigenvalue weighted by Crippen LogP contribution is 2.48. The first kappa shape index (κ1) is 24.6. The van der Waals surface area contributed by atoms with Gasteiger partial charge in [-0.2, -0.15) is 0 Å². The maximum absolute atomic E-state index is 13.8. The average molecular weight is 492 g/mol. The summed E-state index contributed by atoms with van der Waals surface area (Å²) in [5.41, 5.74) is 3.49. The second-order valence-corrected chi connectivity index (χ2v) is 10.1. The van der Waals surface area contributed by atoms with Crippen LogP contribution in [0.3, 0.4) is 0 Å². The third kappa shape index (κ3) is 4.69. The van der Waals surface area contributed by atoms with Crippen molar-refractivity contribution in [3.05, 3.63) is 58.7 Å². The monoisotopic (exact) mass is 491 g/mol. The van der Waals surface area contributed by atoms with Crippen molar-refractivity contribution in [2.45, 2.75) is 50.5 Å². The van der Waals surface area contributed by atoms with E-state index in [2.05, 4.69) is 10.2 Å². The lowest BCUT2D eigenvalue weighted by Gasteiger charge is -2.45. The lowest BCUT2D eigenvalue weighted by molar-refractivity contribution is -0.124. The molecule has 2 aromatic carbocycles. The first-order chi connectivity index (χ1) is 17.6. The highest BCUT2D eigenvalue weighted by molar-refractivity contribution is 6.01. The zero-order valence-corrected chi connectivity index (χ0v) is 21.4. The maximum Gasteiger partial charge on any atom is 0.254 e. The molecular formula is C29H37N3O4. The molecule has 2 atom stereocenters. The summed E-state index contributed by atoms with van der Waals surface area (Å²) in [7, 11) is 3.24. The second kappa shape index (κ2) is 10.9. The molecule has 3 heterocycles. The fourth-order valence-corrected chi connectivity index (χ4v) is 6.12. The molecule has 2 amide bonds. The Hall–Kier alpha value is -3.06. The Balaban J connectivity index is 1.41. The first-order valence-electron chi connectivity index (χ1n) is 13.3. The molecule has 0 aromatic heterocycles. The molecule has 0 aliphatic carbocycles. The lowest BCUT2D eigenvalue weighted by Crippen LogP contribution is -2.50. The van der Waals surface area contributed by atoms with Gasteiger partial charge in [-0.3, -0.25) is 9.59 Å². The van der Waals surface area contributed by atoms with Crippen molar-refractivity contribution in [2.75, 3.05) is 46.9 Å². The molecule has 192 valence electrons. The number of likely N-dealkylation sites (tertiary alicyclic amines) is 1. The molecule has 0 saturated carbocycles. The van der Waals surface area contributed by atoms with Gasteiger partial charge < -0.3 is 24.6 Å². The predicted molar refractivity (Wildman–Crippen MR) is 139 cm³/mol. The zero-order valence-electron chi connectivity index (χ0n) is 21.4. The smallest absolute Gasteiger partial charge is 0.254 e. The number of nitrogens with one attached hydrogen (secondary N) is 1. The Labute approximate surface area is 213 Å². The summed E-state index contributed by atoms with van der Waals surface area (Å²) in [6, 6.07) is 11.1. The minimum Gasteiger partial charge on any atom is -0.493 e. The van der Waals surface area contributed by atoms with Crippen LogP contribution in [-0.4, -0.2) is 68.6 Å². The molecule has 3 aliphatic rings. The molecule has 1 N–H and O–H groups in total. The Morgan fingerprint density at radius 3 is 2.44 bits per heavy atom. The number of benzene rings is 2.